The number of imidazole rings is 1. The van der Waals surface area contributed by atoms with Gasteiger partial charge in [0.1, 0.15) is 0 Å². The Bertz CT molecular complexity index is 720. The van der Waals surface area contributed by atoms with Crippen molar-refractivity contribution in [1.29, 1.82) is 0 Å². The molecule has 0 atom stereocenters. The van der Waals surface area contributed by atoms with Gasteiger partial charge in [0, 0.05) is 15.5 Å². The van der Waals surface area contributed by atoms with Gasteiger partial charge in [-0.05, 0) is 53.8 Å². The lowest BCUT2D eigenvalue weighted by atomic mass is 10.3. The molecule has 4 heteroatoms. The molecule has 100 valence electrons. The number of benzene rings is 2. The minimum absolute atomic E-state index is 0.831. The first-order valence-electron chi connectivity index (χ1n) is 6.37. The third-order valence-electron chi connectivity index (χ3n) is 2.97. The van der Waals surface area contributed by atoms with Gasteiger partial charge in [0.15, 0.2) is 0 Å². The monoisotopic (exact) mass is 375 g/mol. The van der Waals surface area contributed by atoms with E-state index in [1.165, 1.54) is 3.57 Å². The molecule has 0 saturated carbocycles. The van der Waals surface area contributed by atoms with Crippen LogP contribution in [0, 0.1) is 10.5 Å². The number of rotatable bonds is 3. The number of hydrogen-bond acceptors (Lipinski definition) is 2. The maximum Gasteiger partial charge on any atom is 0.212 e. The summed E-state index contributed by atoms with van der Waals surface area (Å²) in [5.74, 6) is 0.831. The van der Waals surface area contributed by atoms with E-state index >= 15 is 0 Å². The summed E-state index contributed by atoms with van der Waals surface area (Å²) < 4.78 is 3.28. The van der Waals surface area contributed by atoms with Crippen LogP contribution in [0.2, 0.25) is 0 Å². The molecular weight excluding hydrogens is 361 g/mol. The quantitative estimate of drug-likeness (QED) is 0.682. The zero-order valence-electron chi connectivity index (χ0n) is 11.0. The maximum absolute atomic E-state index is 4.57. The summed E-state index contributed by atoms with van der Waals surface area (Å²) >= 11 is 2.34. The number of nitrogens with zero attached hydrogens (tertiary/aromatic N) is 2. The predicted molar refractivity (Wildman–Crippen MR) is 90.7 cm³/mol. The van der Waals surface area contributed by atoms with E-state index in [9.17, 15) is 0 Å². The first-order chi connectivity index (χ1) is 9.74. The molecule has 0 amide bonds. The van der Waals surface area contributed by atoms with Gasteiger partial charge in [0.25, 0.3) is 0 Å². The summed E-state index contributed by atoms with van der Waals surface area (Å²) in [7, 11) is 0. The normalized spacial score (nSPS) is 10.5. The molecule has 0 fully saturated rings. The van der Waals surface area contributed by atoms with Crippen LogP contribution in [0.5, 0.6) is 0 Å². The zero-order chi connectivity index (χ0) is 13.9. The van der Waals surface area contributed by atoms with Crippen LogP contribution < -0.4 is 5.32 Å². The third kappa shape index (κ3) is 2.70. The summed E-state index contributed by atoms with van der Waals surface area (Å²) in [5.41, 5.74) is 3.15. The van der Waals surface area contributed by atoms with Gasteiger partial charge >= 0.3 is 0 Å². The van der Waals surface area contributed by atoms with Gasteiger partial charge in [-0.3, -0.25) is 4.57 Å². The fraction of sp³-hybridized carbons (Fsp3) is 0.0625. The zero-order valence-corrected chi connectivity index (χ0v) is 13.2. The molecule has 0 unspecified atom stereocenters. The second-order valence-electron chi connectivity index (χ2n) is 4.52. The van der Waals surface area contributed by atoms with Crippen LogP contribution in [-0.2, 0) is 0 Å². The van der Waals surface area contributed by atoms with Crippen LogP contribution in [-0.4, -0.2) is 9.55 Å². The second-order valence-corrected chi connectivity index (χ2v) is 5.68. The molecule has 3 nitrogen and oxygen atoms in total. The van der Waals surface area contributed by atoms with E-state index in [0.717, 1.165) is 23.0 Å². The average Bonchev–Trinajstić information content (AvgIpc) is 2.81. The van der Waals surface area contributed by atoms with Crippen molar-refractivity contribution in [2.45, 2.75) is 6.92 Å². The Balaban J connectivity index is 2.03. The molecule has 1 heterocycles. The molecule has 0 saturated heterocycles. The number of anilines is 2. The van der Waals surface area contributed by atoms with Crippen molar-refractivity contribution in [2.24, 2.45) is 0 Å². The van der Waals surface area contributed by atoms with Crippen molar-refractivity contribution < 1.29 is 0 Å². The van der Waals surface area contributed by atoms with E-state index in [0.29, 0.717) is 0 Å². The number of para-hydroxylation sites is 2. The van der Waals surface area contributed by atoms with Crippen molar-refractivity contribution in [1.82, 2.24) is 9.55 Å². The van der Waals surface area contributed by atoms with E-state index in [1.54, 1.807) is 0 Å². The molecule has 20 heavy (non-hydrogen) atoms. The van der Waals surface area contributed by atoms with Crippen LogP contribution in [0.1, 0.15) is 5.69 Å². The SMILES string of the molecule is Cc1cn(-c2ccccc2I)c(Nc2ccccc2)n1. The smallest absolute Gasteiger partial charge is 0.212 e. The number of nitrogens with one attached hydrogen (secondary N) is 1. The third-order valence-corrected chi connectivity index (χ3v) is 3.88. The maximum atomic E-state index is 4.57. The fourth-order valence-electron chi connectivity index (χ4n) is 2.07. The van der Waals surface area contributed by atoms with Gasteiger partial charge in [-0.2, -0.15) is 0 Å². The van der Waals surface area contributed by atoms with Crippen molar-refractivity contribution in [3.05, 3.63) is 70.1 Å². The van der Waals surface area contributed by atoms with Gasteiger partial charge in [-0.25, -0.2) is 4.98 Å². The van der Waals surface area contributed by atoms with Crippen LogP contribution in [0.4, 0.5) is 11.6 Å². The molecule has 1 N–H and O–H groups in total. The lowest BCUT2D eigenvalue weighted by Gasteiger charge is -2.11. The van der Waals surface area contributed by atoms with Crippen LogP contribution in [0.15, 0.2) is 60.8 Å². The second kappa shape index (κ2) is 5.66. The van der Waals surface area contributed by atoms with Crippen molar-refractivity contribution >= 4 is 34.2 Å². The van der Waals surface area contributed by atoms with Gasteiger partial charge in [0.2, 0.25) is 5.95 Å². The number of aryl methyl sites for hydroxylation is 1. The molecule has 1 aromatic heterocycles. The molecule has 0 aliphatic heterocycles. The Hall–Kier alpha value is -1.82. The first kappa shape index (κ1) is 13.2. The minimum Gasteiger partial charge on any atom is -0.325 e. The van der Waals surface area contributed by atoms with Crippen molar-refractivity contribution in [3.8, 4) is 5.69 Å². The van der Waals surface area contributed by atoms with Gasteiger partial charge < -0.3 is 5.32 Å². The first-order valence-corrected chi connectivity index (χ1v) is 7.45. The Morgan fingerprint density at radius 2 is 1.70 bits per heavy atom. The summed E-state index contributed by atoms with van der Waals surface area (Å²) in [6.07, 6.45) is 2.04. The highest BCUT2D eigenvalue weighted by Gasteiger charge is 2.09. The minimum atomic E-state index is 0.831. The molecule has 0 spiro atoms. The lowest BCUT2D eigenvalue weighted by molar-refractivity contribution is 1.06. The fourth-order valence-corrected chi connectivity index (χ4v) is 2.71. The van der Waals surface area contributed by atoms with E-state index in [4.69, 9.17) is 0 Å². The molecule has 0 aliphatic carbocycles. The molecular formula is C16H14IN3. The summed E-state index contributed by atoms with van der Waals surface area (Å²) in [4.78, 5) is 4.57. The molecule has 0 radical (unpaired) electrons. The van der Waals surface area contributed by atoms with E-state index in [2.05, 4.69) is 49.6 Å². The number of halogens is 1. The highest BCUT2D eigenvalue weighted by molar-refractivity contribution is 14.1. The van der Waals surface area contributed by atoms with Gasteiger partial charge in [0.05, 0.1) is 11.4 Å². The van der Waals surface area contributed by atoms with Gasteiger partial charge in [-0.15, -0.1) is 0 Å². The molecule has 3 rings (SSSR count). The van der Waals surface area contributed by atoms with E-state index in [1.807, 2.05) is 55.6 Å². The van der Waals surface area contributed by atoms with Crippen LogP contribution in [0.3, 0.4) is 0 Å². The van der Waals surface area contributed by atoms with Crippen molar-refractivity contribution in [3.63, 3.8) is 0 Å². The van der Waals surface area contributed by atoms with Gasteiger partial charge in [-0.1, -0.05) is 30.3 Å². The van der Waals surface area contributed by atoms with E-state index < -0.39 is 0 Å². The topological polar surface area (TPSA) is 29.9 Å². The highest BCUT2D eigenvalue weighted by Crippen LogP contribution is 2.23. The standard InChI is InChI=1S/C16H14IN3/c1-12-11-20(15-10-6-5-9-14(15)17)16(18-12)19-13-7-3-2-4-8-13/h2-11H,1H3,(H,18,19). The molecule has 3 aromatic rings. The van der Waals surface area contributed by atoms with Crippen molar-refractivity contribution in [2.75, 3.05) is 5.32 Å². The summed E-state index contributed by atoms with van der Waals surface area (Å²) in [5, 5.41) is 3.37. The highest BCUT2D eigenvalue weighted by atomic mass is 127. The lowest BCUT2D eigenvalue weighted by Crippen LogP contribution is -2.02. The average molecular weight is 375 g/mol. The Morgan fingerprint density at radius 1 is 1.00 bits per heavy atom. The van der Waals surface area contributed by atoms with Crippen LogP contribution in [0.25, 0.3) is 5.69 Å². The summed E-state index contributed by atoms with van der Waals surface area (Å²) in [6.45, 7) is 2.00. The number of hydrogen-bond donors (Lipinski definition) is 1. The molecule has 0 bridgehead atoms. The largest absolute Gasteiger partial charge is 0.325 e. The predicted octanol–water partition coefficient (Wildman–Crippen LogP) is 4.53. The van der Waals surface area contributed by atoms with Crippen LogP contribution >= 0.6 is 22.6 Å². The summed E-state index contributed by atoms with van der Waals surface area (Å²) in [6, 6.07) is 18.4. The van der Waals surface area contributed by atoms with E-state index in [-0.39, 0.29) is 0 Å². The Kier molecular flexibility index (Phi) is 3.73. The molecule has 0 aliphatic rings. The molecule has 2 aromatic carbocycles. The Labute approximate surface area is 131 Å². The Morgan fingerprint density at radius 3 is 2.45 bits per heavy atom. The number of aromatic nitrogens is 2.